The summed E-state index contributed by atoms with van der Waals surface area (Å²) in [4.78, 5) is 0. The van der Waals surface area contributed by atoms with Crippen molar-refractivity contribution in [1.82, 2.24) is 9.78 Å². The molecule has 1 aromatic rings. The van der Waals surface area contributed by atoms with Gasteiger partial charge in [0.05, 0.1) is 5.69 Å². The summed E-state index contributed by atoms with van der Waals surface area (Å²) in [5.74, 6) is 0. The number of hydrogen-bond donors (Lipinski definition) is 0. The third-order valence-corrected chi connectivity index (χ3v) is 4.16. The molecule has 72 valence electrons. The van der Waals surface area contributed by atoms with E-state index in [0.717, 1.165) is 17.6 Å². The highest BCUT2D eigenvalue weighted by Crippen LogP contribution is 2.43. The van der Waals surface area contributed by atoms with Gasteiger partial charge in [0.2, 0.25) is 0 Å². The van der Waals surface area contributed by atoms with Crippen molar-refractivity contribution in [1.29, 1.82) is 0 Å². The fraction of sp³-hybridized carbons (Fsp3) is 0.700. The standard InChI is InChI=1S/C10H15BrN2/c1-9-3-6-13(12-9)8-10(7-11)4-2-5-10/h3,6H,2,4-5,7-8H2,1H3. The monoisotopic (exact) mass is 242 g/mol. The molecule has 2 nitrogen and oxygen atoms in total. The number of halogens is 1. The number of aryl methyl sites for hydroxylation is 1. The molecule has 0 radical (unpaired) electrons. The van der Waals surface area contributed by atoms with Crippen molar-refractivity contribution in [2.45, 2.75) is 32.7 Å². The fourth-order valence-corrected chi connectivity index (χ4v) is 2.64. The van der Waals surface area contributed by atoms with Crippen molar-refractivity contribution in [2.24, 2.45) is 5.41 Å². The second-order valence-corrected chi connectivity index (χ2v) is 4.70. The Balaban J connectivity index is 2.04. The van der Waals surface area contributed by atoms with E-state index in [4.69, 9.17) is 0 Å². The Morgan fingerprint density at radius 3 is 2.77 bits per heavy atom. The highest BCUT2D eigenvalue weighted by Gasteiger charge is 2.36. The van der Waals surface area contributed by atoms with E-state index in [0.29, 0.717) is 5.41 Å². The van der Waals surface area contributed by atoms with Gasteiger partial charge in [-0.2, -0.15) is 5.10 Å². The summed E-state index contributed by atoms with van der Waals surface area (Å²) in [6.45, 7) is 3.12. The molecule has 0 spiro atoms. The summed E-state index contributed by atoms with van der Waals surface area (Å²) in [5.41, 5.74) is 1.61. The van der Waals surface area contributed by atoms with Crippen LogP contribution in [0.15, 0.2) is 12.3 Å². The lowest BCUT2D eigenvalue weighted by molar-refractivity contribution is 0.134. The first-order valence-electron chi connectivity index (χ1n) is 4.80. The first-order chi connectivity index (χ1) is 6.24. The van der Waals surface area contributed by atoms with Crippen molar-refractivity contribution in [3.05, 3.63) is 18.0 Å². The third kappa shape index (κ3) is 1.80. The molecule has 0 amide bonds. The van der Waals surface area contributed by atoms with Crippen molar-refractivity contribution in [2.75, 3.05) is 5.33 Å². The number of aromatic nitrogens is 2. The first kappa shape index (κ1) is 9.25. The van der Waals surface area contributed by atoms with Crippen LogP contribution in [0.4, 0.5) is 0 Å². The Labute approximate surface area is 87.5 Å². The zero-order valence-electron chi connectivity index (χ0n) is 7.96. The number of nitrogens with zero attached hydrogens (tertiary/aromatic N) is 2. The van der Waals surface area contributed by atoms with E-state index >= 15 is 0 Å². The quantitative estimate of drug-likeness (QED) is 0.746. The molecule has 1 aliphatic rings. The van der Waals surface area contributed by atoms with E-state index in [1.165, 1.54) is 19.3 Å². The minimum atomic E-state index is 0.498. The molecule has 1 heterocycles. The summed E-state index contributed by atoms with van der Waals surface area (Å²) >= 11 is 3.61. The van der Waals surface area contributed by atoms with Gasteiger partial charge >= 0.3 is 0 Å². The van der Waals surface area contributed by atoms with E-state index < -0.39 is 0 Å². The van der Waals surface area contributed by atoms with Gasteiger partial charge in [-0.15, -0.1) is 0 Å². The minimum Gasteiger partial charge on any atom is -0.272 e. The Morgan fingerprint density at radius 1 is 1.62 bits per heavy atom. The molecule has 1 aromatic heterocycles. The van der Waals surface area contributed by atoms with E-state index in [1.807, 2.05) is 6.92 Å². The Kier molecular flexibility index (Phi) is 2.45. The molecule has 0 aliphatic heterocycles. The zero-order valence-corrected chi connectivity index (χ0v) is 9.55. The molecule has 2 rings (SSSR count). The molecule has 0 N–H and O–H groups in total. The number of alkyl halides is 1. The van der Waals surface area contributed by atoms with E-state index in [9.17, 15) is 0 Å². The second-order valence-electron chi connectivity index (χ2n) is 4.14. The molecule has 1 saturated carbocycles. The summed E-state index contributed by atoms with van der Waals surface area (Å²) in [5, 5.41) is 5.53. The fourth-order valence-electron chi connectivity index (χ4n) is 1.91. The molecule has 0 saturated heterocycles. The van der Waals surface area contributed by atoms with E-state index in [-0.39, 0.29) is 0 Å². The number of rotatable bonds is 3. The van der Waals surface area contributed by atoms with Crippen LogP contribution < -0.4 is 0 Å². The molecule has 0 unspecified atom stereocenters. The van der Waals surface area contributed by atoms with Crippen LogP contribution in [-0.4, -0.2) is 15.1 Å². The van der Waals surface area contributed by atoms with Crippen LogP contribution in [0.25, 0.3) is 0 Å². The van der Waals surface area contributed by atoms with Crippen LogP contribution >= 0.6 is 15.9 Å². The summed E-state index contributed by atoms with van der Waals surface area (Å²) in [7, 11) is 0. The first-order valence-corrected chi connectivity index (χ1v) is 5.92. The predicted octanol–water partition coefficient (Wildman–Crippen LogP) is 2.76. The van der Waals surface area contributed by atoms with Crippen molar-refractivity contribution in [3.63, 3.8) is 0 Å². The molecule has 0 aromatic carbocycles. The molecular weight excluding hydrogens is 228 g/mol. The molecule has 3 heteroatoms. The Morgan fingerprint density at radius 2 is 2.38 bits per heavy atom. The molecular formula is C10H15BrN2. The van der Waals surface area contributed by atoms with Crippen molar-refractivity contribution < 1.29 is 0 Å². The maximum absolute atomic E-state index is 4.42. The lowest BCUT2D eigenvalue weighted by Crippen LogP contribution is -2.35. The topological polar surface area (TPSA) is 17.8 Å². The average Bonchev–Trinajstić information content (AvgIpc) is 2.44. The second kappa shape index (κ2) is 3.45. The largest absolute Gasteiger partial charge is 0.272 e. The highest BCUT2D eigenvalue weighted by molar-refractivity contribution is 9.09. The highest BCUT2D eigenvalue weighted by atomic mass is 79.9. The van der Waals surface area contributed by atoms with Crippen LogP contribution in [0.5, 0.6) is 0 Å². The average molecular weight is 243 g/mol. The summed E-state index contributed by atoms with van der Waals surface area (Å²) < 4.78 is 2.08. The van der Waals surface area contributed by atoms with Gasteiger partial charge in [0.15, 0.2) is 0 Å². The predicted molar refractivity (Wildman–Crippen MR) is 57.0 cm³/mol. The van der Waals surface area contributed by atoms with Crippen LogP contribution in [0.2, 0.25) is 0 Å². The number of hydrogen-bond acceptors (Lipinski definition) is 1. The van der Waals surface area contributed by atoms with Crippen LogP contribution in [0.3, 0.4) is 0 Å². The Hall–Kier alpha value is -0.310. The maximum atomic E-state index is 4.42. The van der Waals surface area contributed by atoms with Crippen molar-refractivity contribution >= 4 is 15.9 Å². The van der Waals surface area contributed by atoms with E-state index in [2.05, 4.69) is 38.0 Å². The summed E-state index contributed by atoms with van der Waals surface area (Å²) in [6, 6.07) is 2.07. The van der Waals surface area contributed by atoms with E-state index in [1.54, 1.807) is 0 Å². The van der Waals surface area contributed by atoms with Gasteiger partial charge in [0.25, 0.3) is 0 Å². The normalized spacial score (nSPS) is 19.8. The smallest absolute Gasteiger partial charge is 0.0593 e. The lowest BCUT2D eigenvalue weighted by atomic mass is 9.70. The zero-order chi connectivity index (χ0) is 9.31. The van der Waals surface area contributed by atoms with Gasteiger partial charge in [-0.1, -0.05) is 22.4 Å². The SMILES string of the molecule is Cc1ccn(CC2(CBr)CCC2)n1. The van der Waals surface area contributed by atoms with Gasteiger partial charge in [-0.05, 0) is 31.2 Å². The molecule has 1 fully saturated rings. The molecule has 1 aliphatic carbocycles. The van der Waals surface area contributed by atoms with Gasteiger partial charge < -0.3 is 0 Å². The van der Waals surface area contributed by atoms with Gasteiger partial charge in [0, 0.05) is 18.1 Å². The molecule has 13 heavy (non-hydrogen) atoms. The third-order valence-electron chi connectivity index (χ3n) is 2.97. The molecule has 0 bridgehead atoms. The maximum Gasteiger partial charge on any atom is 0.0593 e. The van der Waals surface area contributed by atoms with Gasteiger partial charge in [0.1, 0.15) is 0 Å². The van der Waals surface area contributed by atoms with Crippen LogP contribution in [-0.2, 0) is 6.54 Å². The minimum absolute atomic E-state index is 0.498. The van der Waals surface area contributed by atoms with Crippen LogP contribution in [0, 0.1) is 12.3 Å². The van der Waals surface area contributed by atoms with Crippen LogP contribution in [0.1, 0.15) is 25.0 Å². The van der Waals surface area contributed by atoms with Crippen molar-refractivity contribution in [3.8, 4) is 0 Å². The molecule has 0 atom stereocenters. The lowest BCUT2D eigenvalue weighted by Gasteiger charge is -2.40. The Bertz CT molecular complexity index is 283. The summed E-state index contributed by atoms with van der Waals surface area (Å²) in [6.07, 6.45) is 6.15. The van der Waals surface area contributed by atoms with Gasteiger partial charge in [-0.3, -0.25) is 4.68 Å². The van der Waals surface area contributed by atoms with Gasteiger partial charge in [-0.25, -0.2) is 0 Å².